The Balaban J connectivity index is 0.00000256. The van der Waals surface area contributed by atoms with E-state index in [0.29, 0.717) is 15.6 Å². The highest BCUT2D eigenvalue weighted by atomic mass is 35.5. The third-order valence-corrected chi connectivity index (χ3v) is 5.91. The summed E-state index contributed by atoms with van der Waals surface area (Å²) in [4.78, 5) is 13.1. The van der Waals surface area contributed by atoms with E-state index in [9.17, 15) is 4.79 Å². The fourth-order valence-corrected chi connectivity index (χ4v) is 4.17. The maximum Gasteiger partial charge on any atom is 0.267 e. The molecule has 0 spiro atoms. The van der Waals surface area contributed by atoms with E-state index >= 15 is 0 Å². The zero-order valence-electron chi connectivity index (χ0n) is 16.7. The molecule has 0 aliphatic carbocycles. The smallest absolute Gasteiger partial charge is 0.267 e. The summed E-state index contributed by atoms with van der Waals surface area (Å²) in [7, 11) is 0. The molecule has 0 bridgehead atoms. The Labute approximate surface area is 193 Å². The van der Waals surface area contributed by atoms with Crippen LogP contribution in [-0.2, 0) is 0 Å². The van der Waals surface area contributed by atoms with Crippen molar-refractivity contribution in [1.29, 1.82) is 0 Å². The summed E-state index contributed by atoms with van der Waals surface area (Å²) in [6, 6.07) is 17.2. The number of hydrogen-bond donors (Lipinski definition) is 1. The molecule has 0 unspecified atom stereocenters. The van der Waals surface area contributed by atoms with Crippen molar-refractivity contribution in [3.63, 3.8) is 0 Å². The number of rotatable bonds is 4. The summed E-state index contributed by atoms with van der Waals surface area (Å²) in [6.07, 6.45) is 3.43. The molecular weight excluding hydrogens is 441 g/mol. The molecule has 1 amide bonds. The van der Waals surface area contributed by atoms with Gasteiger partial charge in [0.1, 0.15) is 0 Å². The number of aromatic nitrogens is 1. The fraction of sp³-hybridized carbons (Fsp3) is 0.261. The maximum atomic E-state index is 13.1. The first-order valence-corrected chi connectivity index (χ1v) is 10.6. The highest BCUT2D eigenvalue weighted by Crippen LogP contribution is 2.33. The van der Waals surface area contributed by atoms with Gasteiger partial charge in [-0.15, -0.1) is 12.4 Å². The maximum absolute atomic E-state index is 13.1. The van der Waals surface area contributed by atoms with Gasteiger partial charge in [0.25, 0.3) is 5.91 Å². The van der Waals surface area contributed by atoms with Crippen molar-refractivity contribution in [1.82, 2.24) is 15.0 Å². The lowest BCUT2D eigenvalue weighted by Crippen LogP contribution is -2.45. The number of benzene rings is 2. The van der Waals surface area contributed by atoms with Crippen molar-refractivity contribution in [2.45, 2.75) is 26.2 Å². The van der Waals surface area contributed by atoms with Crippen LogP contribution in [0.15, 0.2) is 54.6 Å². The summed E-state index contributed by atoms with van der Waals surface area (Å²) in [5.41, 5.74) is 7.26. The second-order valence-corrected chi connectivity index (χ2v) is 8.15. The molecule has 0 radical (unpaired) electrons. The minimum atomic E-state index is -0.0922. The predicted molar refractivity (Wildman–Crippen MR) is 126 cm³/mol. The van der Waals surface area contributed by atoms with Crippen molar-refractivity contribution < 1.29 is 4.79 Å². The van der Waals surface area contributed by atoms with Crippen LogP contribution in [0.5, 0.6) is 0 Å². The first-order valence-electron chi connectivity index (χ1n) is 9.84. The molecule has 30 heavy (non-hydrogen) atoms. The highest BCUT2D eigenvalue weighted by Gasteiger charge is 2.22. The van der Waals surface area contributed by atoms with Crippen molar-refractivity contribution in [3.8, 4) is 16.9 Å². The van der Waals surface area contributed by atoms with Crippen molar-refractivity contribution in [2.24, 2.45) is 0 Å². The largest absolute Gasteiger partial charge is 0.312 e. The standard InChI is InChI=1S/C23H23Cl2N3O.ClH/c1-16-19(23(29)26-27-13-5-2-6-14-27)15-22(17-9-11-18(24)12-10-17)28(16)21-8-4-3-7-20(21)25;/h3-4,7-12,15H,2,5-6,13-14H2,1H3,(H,26,29);1H. The molecule has 1 aliphatic rings. The van der Waals surface area contributed by atoms with Crippen molar-refractivity contribution >= 4 is 41.5 Å². The van der Waals surface area contributed by atoms with Crippen LogP contribution in [0, 0.1) is 6.92 Å². The number of hydrogen-bond acceptors (Lipinski definition) is 2. The Morgan fingerprint density at radius 3 is 2.30 bits per heavy atom. The van der Waals surface area contributed by atoms with Gasteiger partial charge in [-0.1, -0.05) is 53.9 Å². The highest BCUT2D eigenvalue weighted by molar-refractivity contribution is 6.32. The van der Waals surface area contributed by atoms with Gasteiger partial charge in [0.2, 0.25) is 0 Å². The molecule has 4 rings (SSSR count). The van der Waals surface area contributed by atoms with Gasteiger partial charge in [0, 0.05) is 23.8 Å². The van der Waals surface area contributed by atoms with E-state index in [0.717, 1.165) is 48.6 Å². The Kier molecular flexibility index (Phi) is 7.48. The molecule has 1 N–H and O–H groups in total. The van der Waals surface area contributed by atoms with Crippen molar-refractivity contribution in [2.75, 3.05) is 13.1 Å². The van der Waals surface area contributed by atoms with Gasteiger partial charge in [-0.3, -0.25) is 10.2 Å². The fourth-order valence-electron chi connectivity index (χ4n) is 3.82. The van der Waals surface area contributed by atoms with Gasteiger partial charge in [0.15, 0.2) is 0 Å². The predicted octanol–water partition coefficient (Wildman–Crippen LogP) is 6.31. The molecule has 0 atom stereocenters. The number of carbonyl (C=O) groups excluding carboxylic acids is 1. The van der Waals surface area contributed by atoms with E-state index in [1.165, 1.54) is 6.42 Å². The quantitative estimate of drug-likeness (QED) is 0.491. The second kappa shape index (κ2) is 9.88. The van der Waals surface area contributed by atoms with Gasteiger partial charge in [0.05, 0.1) is 22.0 Å². The zero-order chi connectivity index (χ0) is 20.4. The minimum Gasteiger partial charge on any atom is -0.312 e. The van der Waals surface area contributed by atoms with Crippen LogP contribution >= 0.6 is 35.6 Å². The monoisotopic (exact) mass is 463 g/mol. The summed E-state index contributed by atoms with van der Waals surface area (Å²) in [5, 5.41) is 3.31. The number of carbonyl (C=O) groups is 1. The molecule has 7 heteroatoms. The summed E-state index contributed by atoms with van der Waals surface area (Å²) in [6.45, 7) is 3.73. The first kappa shape index (κ1) is 22.7. The number of amides is 1. The number of para-hydroxylation sites is 1. The molecule has 4 nitrogen and oxygen atoms in total. The van der Waals surface area contributed by atoms with Crippen LogP contribution in [-0.4, -0.2) is 28.6 Å². The molecule has 1 fully saturated rings. The minimum absolute atomic E-state index is 0. The van der Waals surface area contributed by atoms with E-state index in [1.807, 2.05) is 71.1 Å². The molecule has 0 saturated carbocycles. The van der Waals surface area contributed by atoms with E-state index in [4.69, 9.17) is 23.2 Å². The average Bonchev–Trinajstić information content (AvgIpc) is 3.07. The lowest BCUT2D eigenvalue weighted by atomic mass is 10.1. The molecule has 2 heterocycles. The van der Waals surface area contributed by atoms with Crippen LogP contribution in [0.2, 0.25) is 10.0 Å². The molecule has 2 aromatic carbocycles. The van der Waals surface area contributed by atoms with Crippen LogP contribution in [0.25, 0.3) is 16.9 Å². The topological polar surface area (TPSA) is 37.3 Å². The number of halogens is 3. The third kappa shape index (κ3) is 4.68. The molecule has 158 valence electrons. The van der Waals surface area contributed by atoms with Gasteiger partial charge in [-0.25, -0.2) is 5.01 Å². The average molecular weight is 465 g/mol. The second-order valence-electron chi connectivity index (χ2n) is 7.31. The summed E-state index contributed by atoms with van der Waals surface area (Å²) >= 11 is 12.6. The molecule has 1 aromatic heterocycles. The van der Waals surface area contributed by atoms with Gasteiger partial charge in [-0.2, -0.15) is 0 Å². The molecule has 1 saturated heterocycles. The zero-order valence-corrected chi connectivity index (χ0v) is 19.0. The van der Waals surface area contributed by atoms with Crippen LogP contribution in [0.4, 0.5) is 0 Å². The lowest BCUT2D eigenvalue weighted by Gasteiger charge is -2.26. The van der Waals surface area contributed by atoms with Crippen LogP contribution in [0.3, 0.4) is 0 Å². The molecule has 3 aromatic rings. The molecule has 1 aliphatic heterocycles. The van der Waals surface area contributed by atoms with Crippen molar-refractivity contribution in [3.05, 3.63) is 75.9 Å². The van der Waals surface area contributed by atoms with Crippen LogP contribution < -0.4 is 5.43 Å². The summed E-state index contributed by atoms with van der Waals surface area (Å²) < 4.78 is 2.04. The van der Waals surface area contributed by atoms with E-state index in [1.54, 1.807) is 0 Å². The lowest BCUT2D eigenvalue weighted by molar-refractivity contribution is 0.0749. The third-order valence-electron chi connectivity index (χ3n) is 5.34. The normalized spacial score (nSPS) is 14.2. The Morgan fingerprint density at radius 2 is 1.63 bits per heavy atom. The van der Waals surface area contributed by atoms with E-state index in [2.05, 4.69) is 5.43 Å². The van der Waals surface area contributed by atoms with E-state index < -0.39 is 0 Å². The van der Waals surface area contributed by atoms with Gasteiger partial charge < -0.3 is 4.57 Å². The Morgan fingerprint density at radius 1 is 0.967 bits per heavy atom. The summed E-state index contributed by atoms with van der Waals surface area (Å²) in [5.74, 6) is -0.0922. The number of hydrazine groups is 1. The number of nitrogens with one attached hydrogen (secondary N) is 1. The van der Waals surface area contributed by atoms with Gasteiger partial charge in [-0.05, 0) is 55.7 Å². The Bertz CT molecular complexity index is 1020. The molecular formula is C23H24Cl3N3O. The number of nitrogens with zero attached hydrogens (tertiary/aromatic N) is 2. The van der Waals surface area contributed by atoms with E-state index in [-0.39, 0.29) is 18.3 Å². The Hall–Kier alpha value is -1.98. The SMILES string of the molecule is Cc1c(C(=O)NN2CCCCC2)cc(-c2ccc(Cl)cc2)n1-c1ccccc1Cl.Cl. The number of piperidine rings is 1. The van der Waals surface area contributed by atoms with Crippen LogP contribution in [0.1, 0.15) is 35.3 Å². The van der Waals surface area contributed by atoms with Gasteiger partial charge >= 0.3 is 0 Å². The first-order chi connectivity index (χ1) is 14.0.